The van der Waals surface area contributed by atoms with Crippen molar-refractivity contribution in [3.8, 4) is 0 Å². The van der Waals surface area contributed by atoms with E-state index in [1.165, 1.54) is 43.5 Å². The van der Waals surface area contributed by atoms with Crippen LogP contribution in [0, 0.1) is 6.92 Å². The lowest BCUT2D eigenvalue weighted by atomic mass is 10.1. The predicted octanol–water partition coefficient (Wildman–Crippen LogP) is 3.66. The molecule has 1 saturated heterocycles. The first-order chi connectivity index (χ1) is 9.70. The Hall–Kier alpha value is -1.09. The zero-order chi connectivity index (χ0) is 14.4. The molecule has 0 aliphatic carbocycles. The molecule has 3 heteroatoms. The molecule has 0 radical (unpaired) electrons. The van der Waals surface area contributed by atoms with E-state index < -0.39 is 0 Å². The second-order valence-electron chi connectivity index (χ2n) is 6.04. The van der Waals surface area contributed by atoms with Crippen molar-refractivity contribution in [1.82, 2.24) is 10.3 Å². The van der Waals surface area contributed by atoms with Crippen LogP contribution >= 0.6 is 0 Å². The molecule has 1 aromatic heterocycles. The summed E-state index contributed by atoms with van der Waals surface area (Å²) in [7, 11) is 0. The summed E-state index contributed by atoms with van der Waals surface area (Å²) in [6.07, 6.45) is 6.48. The second kappa shape index (κ2) is 7.63. The highest BCUT2D eigenvalue weighted by Gasteiger charge is 2.18. The van der Waals surface area contributed by atoms with E-state index in [-0.39, 0.29) is 0 Å². The highest BCUT2D eigenvalue weighted by atomic mass is 15.2. The van der Waals surface area contributed by atoms with Gasteiger partial charge in [0.05, 0.1) is 0 Å². The monoisotopic (exact) mass is 275 g/mol. The average molecular weight is 275 g/mol. The maximum Gasteiger partial charge on any atom is 0.129 e. The molecular formula is C17H29N3. The fourth-order valence-corrected chi connectivity index (χ4v) is 2.99. The molecule has 2 rings (SSSR count). The first-order valence-corrected chi connectivity index (χ1v) is 8.15. The minimum Gasteiger partial charge on any atom is -0.354 e. The fourth-order valence-electron chi connectivity index (χ4n) is 2.99. The van der Waals surface area contributed by atoms with Gasteiger partial charge in [0.25, 0.3) is 0 Å². The molecule has 0 saturated carbocycles. The van der Waals surface area contributed by atoms with E-state index in [1.807, 2.05) is 0 Å². The number of hydrogen-bond donors (Lipinski definition) is 1. The van der Waals surface area contributed by atoms with Crippen molar-refractivity contribution >= 4 is 5.82 Å². The quantitative estimate of drug-likeness (QED) is 0.831. The van der Waals surface area contributed by atoms with Gasteiger partial charge in [-0.25, -0.2) is 4.98 Å². The number of pyridine rings is 1. The Morgan fingerprint density at radius 1 is 1.30 bits per heavy atom. The van der Waals surface area contributed by atoms with Gasteiger partial charge in [0.1, 0.15) is 5.82 Å². The lowest BCUT2D eigenvalue weighted by molar-refractivity contribution is 0.609. The zero-order valence-electron chi connectivity index (χ0n) is 13.3. The van der Waals surface area contributed by atoms with E-state index >= 15 is 0 Å². The Labute approximate surface area is 123 Å². The average Bonchev–Trinajstić information content (AvgIpc) is 2.63. The van der Waals surface area contributed by atoms with Crippen LogP contribution in [0.15, 0.2) is 12.1 Å². The van der Waals surface area contributed by atoms with Crippen LogP contribution in [-0.4, -0.2) is 24.1 Å². The van der Waals surface area contributed by atoms with Crippen LogP contribution in [0.2, 0.25) is 0 Å². The number of nitrogens with one attached hydrogen (secondary N) is 1. The van der Waals surface area contributed by atoms with Crippen molar-refractivity contribution in [3.63, 3.8) is 0 Å². The number of aryl methyl sites for hydroxylation is 1. The molecule has 1 aromatic rings. The van der Waals surface area contributed by atoms with Crippen molar-refractivity contribution in [2.75, 3.05) is 18.0 Å². The number of rotatable bonds is 5. The van der Waals surface area contributed by atoms with Crippen molar-refractivity contribution < 1.29 is 0 Å². The van der Waals surface area contributed by atoms with Gasteiger partial charge >= 0.3 is 0 Å². The summed E-state index contributed by atoms with van der Waals surface area (Å²) in [5.41, 5.74) is 2.49. The molecule has 0 spiro atoms. The van der Waals surface area contributed by atoms with Gasteiger partial charge in [-0.15, -0.1) is 0 Å². The van der Waals surface area contributed by atoms with Gasteiger partial charge in [-0.1, -0.05) is 19.8 Å². The van der Waals surface area contributed by atoms with Crippen molar-refractivity contribution in [2.24, 2.45) is 0 Å². The third-order valence-corrected chi connectivity index (χ3v) is 4.10. The van der Waals surface area contributed by atoms with Crippen LogP contribution in [0.1, 0.15) is 57.2 Å². The Bertz CT molecular complexity index is 417. The molecule has 1 N–H and O–H groups in total. The molecule has 2 heterocycles. The van der Waals surface area contributed by atoms with Crippen LogP contribution in [0.5, 0.6) is 0 Å². The van der Waals surface area contributed by atoms with E-state index in [4.69, 9.17) is 4.98 Å². The molecular weight excluding hydrogens is 246 g/mol. The number of nitrogens with zero attached hydrogens (tertiary/aromatic N) is 2. The smallest absolute Gasteiger partial charge is 0.129 e. The van der Waals surface area contributed by atoms with Crippen molar-refractivity contribution in [2.45, 2.75) is 65.5 Å². The van der Waals surface area contributed by atoms with E-state index in [2.05, 4.69) is 43.1 Å². The number of anilines is 1. The van der Waals surface area contributed by atoms with Gasteiger partial charge in [-0.3, -0.25) is 0 Å². The van der Waals surface area contributed by atoms with Crippen LogP contribution in [0.25, 0.3) is 0 Å². The molecule has 0 amide bonds. The largest absolute Gasteiger partial charge is 0.354 e. The zero-order valence-corrected chi connectivity index (χ0v) is 13.3. The van der Waals surface area contributed by atoms with Gasteiger partial charge in [0.15, 0.2) is 0 Å². The Balaban J connectivity index is 2.13. The first-order valence-electron chi connectivity index (χ1n) is 8.15. The Morgan fingerprint density at radius 3 is 2.95 bits per heavy atom. The standard InChI is InChI=1S/C17H29N3/c1-4-9-18-13-16-11-14(2)19-17(12-16)20-10-7-5-6-8-15(20)3/h11-12,15,18H,4-10,13H2,1-3H3. The van der Waals surface area contributed by atoms with Crippen molar-refractivity contribution in [3.05, 3.63) is 23.4 Å². The SMILES string of the molecule is CCCNCc1cc(C)nc(N2CCCCCC2C)c1. The van der Waals surface area contributed by atoms with Gasteiger partial charge < -0.3 is 10.2 Å². The summed E-state index contributed by atoms with van der Waals surface area (Å²) in [6, 6.07) is 5.09. The Morgan fingerprint density at radius 2 is 2.15 bits per heavy atom. The van der Waals surface area contributed by atoms with E-state index in [0.29, 0.717) is 6.04 Å². The predicted molar refractivity (Wildman–Crippen MR) is 86.2 cm³/mol. The summed E-state index contributed by atoms with van der Waals surface area (Å²) in [6.45, 7) is 9.83. The molecule has 0 bridgehead atoms. The molecule has 3 nitrogen and oxygen atoms in total. The third kappa shape index (κ3) is 4.20. The summed E-state index contributed by atoms with van der Waals surface area (Å²) >= 11 is 0. The van der Waals surface area contributed by atoms with Crippen LogP contribution in [-0.2, 0) is 6.54 Å². The normalized spacial score (nSPS) is 19.9. The van der Waals surface area contributed by atoms with E-state index in [1.54, 1.807) is 0 Å². The molecule has 112 valence electrons. The van der Waals surface area contributed by atoms with Gasteiger partial charge in [-0.05, 0) is 57.4 Å². The summed E-state index contributed by atoms with van der Waals surface area (Å²) in [5.74, 6) is 1.17. The van der Waals surface area contributed by atoms with E-state index in [9.17, 15) is 0 Å². The topological polar surface area (TPSA) is 28.2 Å². The maximum atomic E-state index is 4.78. The van der Waals surface area contributed by atoms with E-state index in [0.717, 1.165) is 25.3 Å². The lowest BCUT2D eigenvalue weighted by Crippen LogP contribution is -2.33. The second-order valence-corrected chi connectivity index (χ2v) is 6.04. The molecule has 1 aliphatic heterocycles. The molecule has 20 heavy (non-hydrogen) atoms. The Kier molecular flexibility index (Phi) is 5.84. The van der Waals surface area contributed by atoms with Crippen LogP contribution in [0.3, 0.4) is 0 Å². The minimum absolute atomic E-state index is 0.614. The highest BCUT2D eigenvalue weighted by Crippen LogP contribution is 2.23. The summed E-state index contributed by atoms with van der Waals surface area (Å²) in [5, 5.41) is 3.49. The minimum atomic E-state index is 0.614. The first kappa shape index (κ1) is 15.3. The van der Waals surface area contributed by atoms with Crippen LogP contribution in [0.4, 0.5) is 5.82 Å². The number of aromatic nitrogens is 1. The summed E-state index contributed by atoms with van der Waals surface area (Å²) < 4.78 is 0. The van der Waals surface area contributed by atoms with Crippen molar-refractivity contribution in [1.29, 1.82) is 0 Å². The van der Waals surface area contributed by atoms with Crippen LogP contribution < -0.4 is 10.2 Å². The molecule has 0 aromatic carbocycles. The lowest BCUT2D eigenvalue weighted by Gasteiger charge is -2.29. The maximum absolute atomic E-state index is 4.78. The van der Waals surface area contributed by atoms with Gasteiger partial charge in [0, 0.05) is 24.8 Å². The third-order valence-electron chi connectivity index (χ3n) is 4.10. The number of hydrogen-bond acceptors (Lipinski definition) is 3. The molecule has 1 unspecified atom stereocenters. The fraction of sp³-hybridized carbons (Fsp3) is 0.706. The summed E-state index contributed by atoms with van der Waals surface area (Å²) in [4.78, 5) is 7.28. The van der Waals surface area contributed by atoms with Gasteiger partial charge in [0.2, 0.25) is 0 Å². The molecule has 1 aliphatic rings. The molecule has 1 fully saturated rings. The molecule has 1 atom stereocenters. The van der Waals surface area contributed by atoms with Gasteiger partial charge in [-0.2, -0.15) is 0 Å². The highest BCUT2D eigenvalue weighted by molar-refractivity contribution is 5.43.